The van der Waals surface area contributed by atoms with Gasteiger partial charge in [-0.25, -0.2) is 4.39 Å². The zero-order valence-corrected chi connectivity index (χ0v) is 12.7. The smallest absolute Gasteiger partial charge is 0.167 e. The fraction of sp³-hybridized carbons (Fsp3) is 0.0714. The first-order valence-corrected chi connectivity index (χ1v) is 6.94. The Balaban J connectivity index is 2.23. The number of ketones is 1. The summed E-state index contributed by atoms with van der Waals surface area (Å²) in [6.45, 7) is 0. The fourth-order valence-electron chi connectivity index (χ4n) is 1.61. The minimum absolute atomic E-state index is 0.134. The molecular weight excluding hydrogens is 354 g/mol. The van der Waals surface area contributed by atoms with Crippen LogP contribution in [0.5, 0.6) is 0 Å². The number of benzene rings is 2. The molecule has 5 heteroatoms. The van der Waals surface area contributed by atoms with Crippen LogP contribution in [0.15, 0.2) is 40.9 Å². The Hall–Kier alpha value is -0.900. The molecule has 0 heterocycles. The minimum atomic E-state index is -0.402. The number of carbonyl (C=O) groups is 1. The van der Waals surface area contributed by atoms with Crippen LogP contribution in [0.3, 0.4) is 0 Å². The van der Waals surface area contributed by atoms with Gasteiger partial charge < -0.3 is 0 Å². The Morgan fingerprint density at radius 3 is 2.53 bits per heavy atom. The molecule has 0 N–H and O–H groups in total. The quantitative estimate of drug-likeness (QED) is 0.676. The molecule has 0 aliphatic rings. The molecule has 0 spiro atoms. The van der Waals surface area contributed by atoms with Gasteiger partial charge in [0.15, 0.2) is 5.78 Å². The minimum Gasteiger partial charge on any atom is -0.294 e. The Labute approximate surface area is 128 Å². The average molecular weight is 362 g/mol. The summed E-state index contributed by atoms with van der Waals surface area (Å²) in [6.07, 6.45) is 0.147. The molecule has 0 aliphatic carbocycles. The van der Waals surface area contributed by atoms with Crippen molar-refractivity contribution in [2.45, 2.75) is 6.42 Å². The van der Waals surface area contributed by atoms with E-state index in [2.05, 4.69) is 15.9 Å². The summed E-state index contributed by atoms with van der Waals surface area (Å²) in [5, 5.41) is 0.966. The van der Waals surface area contributed by atoms with Gasteiger partial charge in [0.2, 0.25) is 0 Å². The zero-order valence-electron chi connectivity index (χ0n) is 9.59. The largest absolute Gasteiger partial charge is 0.294 e. The highest BCUT2D eigenvalue weighted by molar-refractivity contribution is 9.10. The lowest BCUT2D eigenvalue weighted by atomic mass is 10.0. The van der Waals surface area contributed by atoms with Gasteiger partial charge >= 0.3 is 0 Å². The van der Waals surface area contributed by atoms with Crippen LogP contribution >= 0.6 is 39.1 Å². The van der Waals surface area contributed by atoms with E-state index in [0.717, 1.165) is 0 Å². The molecule has 0 saturated heterocycles. The molecule has 0 aliphatic heterocycles. The molecule has 0 saturated carbocycles. The summed E-state index contributed by atoms with van der Waals surface area (Å²) in [7, 11) is 0. The normalized spacial score (nSPS) is 10.5. The van der Waals surface area contributed by atoms with Crippen molar-refractivity contribution in [3.05, 3.63) is 67.9 Å². The van der Waals surface area contributed by atoms with E-state index >= 15 is 0 Å². The lowest BCUT2D eigenvalue weighted by Crippen LogP contribution is -2.04. The Bertz CT molecular complexity index is 643. The number of carbonyl (C=O) groups excluding carboxylic acids is 1. The molecule has 0 atom stereocenters. The maximum atomic E-state index is 13.1. The van der Waals surface area contributed by atoms with Gasteiger partial charge in [0.25, 0.3) is 0 Å². The highest BCUT2D eigenvalue weighted by Crippen LogP contribution is 2.23. The maximum Gasteiger partial charge on any atom is 0.167 e. The van der Waals surface area contributed by atoms with Gasteiger partial charge in [-0.2, -0.15) is 0 Å². The summed E-state index contributed by atoms with van der Waals surface area (Å²) in [6, 6.07) is 9.14. The number of Topliss-reactive ketones (excluding diaryl/α,β-unsaturated/α-hetero) is 1. The topological polar surface area (TPSA) is 17.1 Å². The van der Waals surface area contributed by atoms with E-state index in [1.54, 1.807) is 18.2 Å². The van der Waals surface area contributed by atoms with Gasteiger partial charge in [0, 0.05) is 22.0 Å². The average Bonchev–Trinajstić information content (AvgIpc) is 2.36. The van der Waals surface area contributed by atoms with Crippen LogP contribution in [0, 0.1) is 5.82 Å². The third kappa shape index (κ3) is 3.56. The molecule has 0 unspecified atom stereocenters. The van der Waals surface area contributed by atoms with Crippen molar-refractivity contribution in [2.24, 2.45) is 0 Å². The molecule has 0 bridgehead atoms. The van der Waals surface area contributed by atoms with E-state index in [9.17, 15) is 9.18 Å². The van der Waals surface area contributed by atoms with Gasteiger partial charge in [0.05, 0.1) is 4.47 Å². The molecule has 2 aromatic rings. The van der Waals surface area contributed by atoms with Crippen molar-refractivity contribution in [3.8, 4) is 0 Å². The predicted octanol–water partition coefficient (Wildman–Crippen LogP) is 5.32. The van der Waals surface area contributed by atoms with Crippen LogP contribution in [0.1, 0.15) is 15.9 Å². The van der Waals surface area contributed by atoms with Crippen molar-refractivity contribution in [1.29, 1.82) is 0 Å². The van der Waals surface area contributed by atoms with E-state index < -0.39 is 5.82 Å². The van der Waals surface area contributed by atoms with E-state index in [1.807, 2.05) is 0 Å². The second-order valence-electron chi connectivity index (χ2n) is 3.96. The highest BCUT2D eigenvalue weighted by atomic mass is 79.9. The summed E-state index contributed by atoms with van der Waals surface area (Å²) >= 11 is 14.9. The summed E-state index contributed by atoms with van der Waals surface area (Å²) in [5.41, 5.74) is 1.12. The van der Waals surface area contributed by atoms with Crippen molar-refractivity contribution in [3.63, 3.8) is 0 Å². The fourth-order valence-corrected chi connectivity index (χ4v) is 2.46. The van der Waals surface area contributed by atoms with E-state index in [0.29, 0.717) is 21.2 Å². The van der Waals surface area contributed by atoms with Gasteiger partial charge in [0.1, 0.15) is 5.82 Å². The van der Waals surface area contributed by atoms with E-state index in [-0.39, 0.29) is 16.7 Å². The number of hydrogen-bond acceptors (Lipinski definition) is 1. The van der Waals surface area contributed by atoms with E-state index in [1.165, 1.54) is 18.2 Å². The third-order valence-corrected chi connectivity index (χ3v) is 3.80. The SMILES string of the molecule is O=C(Cc1ccc(Cl)cc1Cl)c1ccc(F)c(Br)c1. The molecule has 2 aromatic carbocycles. The van der Waals surface area contributed by atoms with Crippen LogP contribution in [-0.2, 0) is 6.42 Å². The van der Waals surface area contributed by atoms with Crippen LogP contribution in [-0.4, -0.2) is 5.78 Å². The van der Waals surface area contributed by atoms with Crippen LogP contribution < -0.4 is 0 Å². The molecule has 0 fully saturated rings. The summed E-state index contributed by atoms with van der Waals surface area (Å²) < 4.78 is 13.4. The van der Waals surface area contributed by atoms with Crippen LogP contribution in [0.2, 0.25) is 10.0 Å². The molecule has 19 heavy (non-hydrogen) atoms. The van der Waals surface area contributed by atoms with Crippen LogP contribution in [0.4, 0.5) is 4.39 Å². The Kier molecular flexibility index (Phi) is 4.61. The number of hydrogen-bond donors (Lipinski definition) is 0. The molecule has 0 aromatic heterocycles. The summed E-state index contributed by atoms with van der Waals surface area (Å²) in [5.74, 6) is -0.536. The molecule has 0 radical (unpaired) electrons. The Morgan fingerprint density at radius 1 is 1.16 bits per heavy atom. The number of halogens is 4. The lowest BCUT2D eigenvalue weighted by molar-refractivity contribution is 0.0993. The highest BCUT2D eigenvalue weighted by Gasteiger charge is 2.11. The third-order valence-electron chi connectivity index (χ3n) is 2.61. The Morgan fingerprint density at radius 2 is 1.89 bits per heavy atom. The maximum absolute atomic E-state index is 13.1. The van der Waals surface area contributed by atoms with Gasteiger partial charge in [-0.15, -0.1) is 0 Å². The molecular formula is C14H8BrCl2FO. The van der Waals surface area contributed by atoms with Crippen molar-refractivity contribution in [1.82, 2.24) is 0 Å². The standard InChI is InChI=1S/C14H8BrCl2FO/c15-11-5-9(2-4-13(11)18)14(19)6-8-1-3-10(16)7-12(8)17/h1-5,7H,6H2. The molecule has 0 amide bonds. The lowest BCUT2D eigenvalue weighted by Gasteiger charge is -2.05. The van der Waals surface area contributed by atoms with E-state index in [4.69, 9.17) is 23.2 Å². The first-order valence-electron chi connectivity index (χ1n) is 5.39. The van der Waals surface area contributed by atoms with Gasteiger partial charge in [-0.3, -0.25) is 4.79 Å². The zero-order chi connectivity index (χ0) is 14.0. The van der Waals surface area contributed by atoms with Crippen molar-refractivity contribution >= 4 is 44.9 Å². The monoisotopic (exact) mass is 360 g/mol. The first kappa shape index (κ1) is 14.5. The predicted molar refractivity (Wildman–Crippen MR) is 78.6 cm³/mol. The summed E-state index contributed by atoms with van der Waals surface area (Å²) in [4.78, 5) is 12.1. The molecule has 1 nitrogen and oxygen atoms in total. The number of rotatable bonds is 3. The van der Waals surface area contributed by atoms with Crippen LogP contribution in [0.25, 0.3) is 0 Å². The van der Waals surface area contributed by atoms with Crippen molar-refractivity contribution in [2.75, 3.05) is 0 Å². The van der Waals surface area contributed by atoms with Gasteiger partial charge in [-0.05, 0) is 51.8 Å². The second-order valence-corrected chi connectivity index (χ2v) is 5.66. The van der Waals surface area contributed by atoms with Crippen molar-refractivity contribution < 1.29 is 9.18 Å². The second kappa shape index (κ2) is 6.04. The molecule has 2 rings (SSSR count). The molecule has 98 valence electrons. The van der Waals surface area contributed by atoms with Gasteiger partial charge in [-0.1, -0.05) is 29.3 Å². The first-order chi connectivity index (χ1) is 8.97.